The Morgan fingerprint density at radius 2 is 1.82 bits per heavy atom. The van der Waals surface area contributed by atoms with E-state index in [9.17, 15) is 18.3 Å². The maximum absolute atomic E-state index is 12.8. The number of halogens is 3. The van der Waals surface area contributed by atoms with Crippen molar-refractivity contribution in [3.8, 4) is 0 Å². The molecule has 1 rings (SSSR count). The summed E-state index contributed by atoms with van der Waals surface area (Å²) in [4.78, 5) is 0. The Labute approximate surface area is 101 Å². The molecule has 0 saturated heterocycles. The fourth-order valence-corrected chi connectivity index (χ4v) is 2.45. The first-order valence-electron chi connectivity index (χ1n) is 6.30. The number of alkyl halides is 3. The largest absolute Gasteiger partial charge is 0.395 e. The molecule has 0 aromatic heterocycles. The summed E-state index contributed by atoms with van der Waals surface area (Å²) in [5, 5.41) is 12.2. The second kappa shape index (κ2) is 6.05. The summed E-state index contributed by atoms with van der Waals surface area (Å²) in [6.07, 6.45) is -1.89. The van der Waals surface area contributed by atoms with Crippen LogP contribution in [0.3, 0.4) is 0 Å². The van der Waals surface area contributed by atoms with Gasteiger partial charge in [-0.1, -0.05) is 26.7 Å². The van der Waals surface area contributed by atoms with Crippen LogP contribution in [-0.4, -0.2) is 30.0 Å². The van der Waals surface area contributed by atoms with Crippen LogP contribution in [0.4, 0.5) is 13.2 Å². The van der Waals surface area contributed by atoms with E-state index in [0.717, 1.165) is 6.42 Å². The average molecular weight is 253 g/mol. The third-order valence-electron chi connectivity index (χ3n) is 3.62. The SMILES string of the molecule is CC(C)[C@@H](CO)NC1CCCCC1C(F)(F)F. The third kappa shape index (κ3) is 4.14. The Balaban J connectivity index is 2.65. The molecule has 2 N–H and O–H groups in total. The van der Waals surface area contributed by atoms with Crippen LogP contribution >= 0.6 is 0 Å². The highest BCUT2D eigenvalue weighted by Crippen LogP contribution is 2.38. The van der Waals surface area contributed by atoms with Gasteiger partial charge in [-0.15, -0.1) is 0 Å². The highest BCUT2D eigenvalue weighted by atomic mass is 19.4. The summed E-state index contributed by atoms with van der Waals surface area (Å²) < 4.78 is 38.5. The molecule has 102 valence electrons. The Kier molecular flexibility index (Phi) is 5.25. The van der Waals surface area contributed by atoms with Crippen molar-refractivity contribution in [2.45, 2.75) is 57.8 Å². The summed E-state index contributed by atoms with van der Waals surface area (Å²) >= 11 is 0. The summed E-state index contributed by atoms with van der Waals surface area (Å²) in [6.45, 7) is 3.69. The van der Waals surface area contributed by atoms with Gasteiger partial charge in [0.25, 0.3) is 0 Å². The number of hydrogen-bond acceptors (Lipinski definition) is 2. The minimum Gasteiger partial charge on any atom is -0.395 e. The van der Waals surface area contributed by atoms with Crippen molar-refractivity contribution in [1.29, 1.82) is 0 Å². The first-order valence-corrected chi connectivity index (χ1v) is 6.30. The Morgan fingerprint density at radius 1 is 1.24 bits per heavy atom. The Bertz CT molecular complexity index is 230. The van der Waals surface area contributed by atoms with E-state index in [1.54, 1.807) is 0 Å². The topological polar surface area (TPSA) is 32.3 Å². The second-order valence-electron chi connectivity index (χ2n) is 5.24. The minimum absolute atomic E-state index is 0.112. The molecule has 0 spiro atoms. The molecule has 0 aromatic carbocycles. The number of hydrogen-bond donors (Lipinski definition) is 2. The van der Waals surface area contributed by atoms with Crippen LogP contribution in [0, 0.1) is 11.8 Å². The van der Waals surface area contributed by atoms with Gasteiger partial charge in [-0.05, 0) is 18.8 Å². The third-order valence-corrected chi connectivity index (χ3v) is 3.62. The maximum atomic E-state index is 12.8. The summed E-state index contributed by atoms with van der Waals surface area (Å²) in [7, 11) is 0. The average Bonchev–Trinajstić information content (AvgIpc) is 2.24. The maximum Gasteiger partial charge on any atom is 0.393 e. The lowest BCUT2D eigenvalue weighted by atomic mass is 9.83. The van der Waals surface area contributed by atoms with Crippen molar-refractivity contribution in [2.75, 3.05) is 6.61 Å². The van der Waals surface area contributed by atoms with E-state index in [1.807, 2.05) is 13.8 Å². The zero-order chi connectivity index (χ0) is 13.1. The molecule has 1 aliphatic carbocycles. The van der Waals surface area contributed by atoms with E-state index < -0.39 is 18.1 Å². The second-order valence-corrected chi connectivity index (χ2v) is 5.24. The number of rotatable bonds is 4. The standard InChI is InChI=1S/C12H22F3NO/c1-8(2)11(7-17)16-10-6-4-3-5-9(10)12(13,14)15/h8-11,16-17H,3-7H2,1-2H3/t9?,10?,11-/m1/s1. The number of nitrogens with one attached hydrogen (secondary N) is 1. The molecule has 0 radical (unpaired) electrons. The molecular weight excluding hydrogens is 231 g/mol. The summed E-state index contributed by atoms with van der Waals surface area (Å²) in [6, 6.07) is -0.786. The molecule has 2 nitrogen and oxygen atoms in total. The van der Waals surface area contributed by atoms with Gasteiger partial charge >= 0.3 is 6.18 Å². The van der Waals surface area contributed by atoms with Crippen molar-refractivity contribution < 1.29 is 18.3 Å². The van der Waals surface area contributed by atoms with Gasteiger partial charge in [0, 0.05) is 12.1 Å². The normalized spacial score (nSPS) is 28.4. The van der Waals surface area contributed by atoms with Crippen molar-refractivity contribution in [1.82, 2.24) is 5.32 Å². The molecule has 0 heterocycles. The van der Waals surface area contributed by atoms with Crippen LogP contribution in [0.5, 0.6) is 0 Å². The van der Waals surface area contributed by atoms with E-state index >= 15 is 0 Å². The van der Waals surface area contributed by atoms with Crippen molar-refractivity contribution in [3.63, 3.8) is 0 Å². The molecule has 1 aliphatic rings. The molecule has 1 saturated carbocycles. The van der Waals surface area contributed by atoms with Crippen molar-refractivity contribution >= 4 is 0 Å². The fourth-order valence-electron chi connectivity index (χ4n) is 2.45. The van der Waals surface area contributed by atoms with Crippen LogP contribution in [-0.2, 0) is 0 Å². The van der Waals surface area contributed by atoms with Crippen molar-refractivity contribution in [2.24, 2.45) is 11.8 Å². The molecule has 2 unspecified atom stereocenters. The molecule has 0 aliphatic heterocycles. The van der Waals surface area contributed by atoms with Crippen LogP contribution in [0.2, 0.25) is 0 Å². The Morgan fingerprint density at radius 3 is 2.29 bits per heavy atom. The van der Waals surface area contributed by atoms with Gasteiger partial charge in [0.15, 0.2) is 0 Å². The van der Waals surface area contributed by atoms with E-state index in [1.165, 1.54) is 0 Å². The quantitative estimate of drug-likeness (QED) is 0.807. The Hall–Kier alpha value is -0.290. The van der Waals surface area contributed by atoms with Crippen LogP contribution in [0.1, 0.15) is 39.5 Å². The first-order chi connectivity index (χ1) is 7.86. The van der Waals surface area contributed by atoms with Gasteiger partial charge in [0.05, 0.1) is 12.5 Å². The van der Waals surface area contributed by atoms with E-state index in [4.69, 9.17) is 0 Å². The lowest BCUT2D eigenvalue weighted by Crippen LogP contribution is -2.51. The number of aliphatic hydroxyl groups is 1. The first kappa shape index (κ1) is 14.8. The highest BCUT2D eigenvalue weighted by molar-refractivity contribution is 4.88. The lowest BCUT2D eigenvalue weighted by Gasteiger charge is -2.36. The monoisotopic (exact) mass is 253 g/mol. The summed E-state index contributed by atoms with van der Waals surface area (Å²) in [5.41, 5.74) is 0. The molecule has 5 heteroatoms. The molecular formula is C12H22F3NO. The summed E-state index contributed by atoms with van der Waals surface area (Å²) in [5.74, 6) is -1.13. The van der Waals surface area contributed by atoms with E-state index in [2.05, 4.69) is 5.32 Å². The smallest absolute Gasteiger partial charge is 0.393 e. The molecule has 0 amide bonds. The van der Waals surface area contributed by atoms with Gasteiger partial charge in [-0.25, -0.2) is 0 Å². The van der Waals surface area contributed by atoms with Gasteiger partial charge in [-0.2, -0.15) is 13.2 Å². The van der Waals surface area contributed by atoms with Gasteiger partial charge in [0.1, 0.15) is 0 Å². The van der Waals surface area contributed by atoms with E-state index in [-0.39, 0.29) is 25.0 Å². The van der Waals surface area contributed by atoms with Crippen LogP contribution < -0.4 is 5.32 Å². The van der Waals surface area contributed by atoms with Gasteiger partial charge < -0.3 is 10.4 Å². The number of aliphatic hydroxyl groups excluding tert-OH is 1. The molecule has 1 fully saturated rings. The van der Waals surface area contributed by atoms with Gasteiger partial charge in [-0.3, -0.25) is 0 Å². The molecule has 3 atom stereocenters. The fraction of sp³-hybridized carbons (Fsp3) is 1.00. The molecule has 17 heavy (non-hydrogen) atoms. The zero-order valence-corrected chi connectivity index (χ0v) is 10.4. The van der Waals surface area contributed by atoms with Gasteiger partial charge in [0.2, 0.25) is 0 Å². The molecule has 0 aromatic rings. The van der Waals surface area contributed by atoms with Crippen LogP contribution in [0.15, 0.2) is 0 Å². The highest BCUT2D eigenvalue weighted by Gasteiger charge is 2.45. The molecule has 0 bridgehead atoms. The lowest BCUT2D eigenvalue weighted by molar-refractivity contribution is -0.190. The van der Waals surface area contributed by atoms with Crippen LogP contribution in [0.25, 0.3) is 0 Å². The minimum atomic E-state index is -4.13. The predicted octanol–water partition coefficient (Wildman–Crippen LogP) is 2.71. The zero-order valence-electron chi connectivity index (χ0n) is 10.4. The predicted molar refractivity (Wildman–Crippen MR) is 60.6 cm³/mol. The van der Waals surface area contributed by atoms with E-state index in [0.29, 0.717) is 12.8 Å². The van der Waals surface area contributed by atoms with Crippen molar-refractivity contribution in [3.05, 3.63) is 0 Å².